The topological polar surface area (TPSA) is 118 Å². The van der Waals surface area contributed by atoms with Crippen LogP contribution in [0.5, 0.6) is 0 Å². The number of hydrogen-bond acceptors (Lipinski definition) is 6. The highest BCUT2D eigenvalue weighted by Crippen LogP contribution is 2.18. The van der Waals surface area contributed by atoms with Crippen molar-refractivity contribution in [3.05, 3.63) is 58.5 Å². The number of rotatable bonds is 6. The van der Waals surface area contributed by atoms with E-state index in [0.717, 1.165) is 0 Å². The van der Waals surface area contributed by atoms with E-state index in [2.05, 4.69) is 10.6 Å². The second-order valence-corrected chi connectivity index (χ2v) is 5.46. The number of furan rings is 1. The molecule has 25 heavy (non-hydrogen) atoms. The number of likely N-dealkylation sites (N-methyl/N-ethyl adjacent to an activating group) is 1. The number of nitro benzene ring substituents is 1. The molecule has 0 fully saturated rings. The van der Waals surface area contributed by atoms with Crippen LogP contribution in [-0.4, -0.2) is 42.3 Å². The number of carbonyl (C=O) groups excluding carboxylic acids is 2. The quantitative estimate of drug-likeness (QED) is 0.465. The predicted molar refractivity (Wildman–Crippen MR) is 89.9 cm³/mol. The first kappa shape index (κ1) is 18.1. The van der Waals surface area contributed by atoms with Crippen molar-refractivity contribution in [1.82, 2.24) is 10.2 Å². The van der Waals surface area contributed by atoms with Crippen molar-refractivity contribution in [3.8, 4) is 0 Å². The van der Waals surface area contributed by atoms with Gasteiger partial charge in [-0.15, -0.1) is 0 Å². The molecule has 2 amide bonds. The summed E-state index contributed by atoms with van der Waals surface area (Å²) in [5.74, 6) is -0.997. The van der Waals surface area contributed by atoms with Crippen LogP contribution in [0.4, 0.5) is 11.4 Å². The summed E-state index contributed by atoms with van der Waals surface area (Å²) in [7, 11) is 3.66. The second-order valence-electron chi connectivity index (χ2n) is 5.46. The summed E-state index contributed by atoms with van der Waals surface area (Å²) in [5.41, 5.74) is 0.190. The fraction of sp³-hybridized carbons (Fsp3) is 0.250. The molecule has 0 aliphatic rings. The summed E-state index contributed by atoms with van der Waals surface area (Å²) < 4.78 is 5.33. The molecule has 1 heterocycles. The van der Waals surface area contributed by atoms with E-state index < -0.39 is 16.7 Å². The van der Waals surface area contributed by atoms with Crippen LogP contribution in [0, 0.1) is 10.1 Å². The van der Waals surface area contributed by atoms with Crippen molar-refractivity contribution in [2.24, 2.45) is 0 Å². The minimum atomic E-state index is -0.856. The third-order valence-electron chi connectivity index (χ3n) is 3.49. The van der Waals surface area contributed by atoms with E-state index in [1.807, 2.05) is 19.0 Å². The maximum atomic E-state index is 11.9. The SMILES string of the molecule is CN(C)[C@H](CNC(=O)C(=O)Nc1ccc([N+](=O)[O-])cc1)c1ccco1. The Morgan fingerprint density at radius 2 is 1.88 bits per heavy atom. The number of nitrogens with zero attached hydrogens (tertiary/aromatic N) is 2. The van der Waals surface area contributed by atoms with E-state index >= 15 is 0 Å². The van der Waals surface area contributed by atoms with Crippen LogP contribution in [0.1, 0.15) is 11.8 Å². The molecular weight excluding hydrogens is 328 g/mol. The maximum absolute atomic E-state index is 11.9. The van der Waals surface area contributed by atoms with Gasteiger partial charge < -0.3 is 15.1 Å². The van der Waals surface area contributed by atoms with E-state index in [-0.39, 0.29) is 18.3 Å². The molecule has 0 aliphatic heterocycles. The fourth-order valence-electron chi connectivity index (χ4n) is 2.14. The van der Waals surface area contributed by atoms with Crippen molar-refractivity contribution in [3.63, 3.8) is 0 Å². The fourth-order valence-corrected chi connectivity index (χ4v) is 2.14. The standard InChI is InChI=1S/C16H18N4O5/c1-19(2)13(14-4-3-9-25-14)10-17-15(21)16(22)18-11-5-7-12(8-6-11)20(23)24/h3-9,13H,10H2,1-2H3,(H,17,21)(H,18,22)/t13-/m1/s1. The lowest BCUT2D eigenvalue weighted by atomic mass is 10.2. The summed E-state index contributed by atoms with van der Waals surface area (Å²) in [5, 5.41) is 15.5. The minimum absolute atomic E-state index is 0.102. The molecule has 0 unspecified atom stereocenters. The molecule has 2 rings (SSSR count). The summed E-state index contributed by atoms with van der Waals surface area (Å²) in [6.45, 7) is 0.188. The van der Waals surface area contributed by atoms with Gasteiger partial charge in [-0.25, -0.2) is 0 Å². The van der Waals surface area contributed by atoms with Crippen molar-refractivity contribution in [1.29, 1.82) is 0 Å². The Bertz CT molecular complexity index is 740. The predicted octanol–water partition coefficient (Wildman–Crippen LogP) is 1.55. The number of nitro groups is 1. The summed E-state index contributed by atoms with van der Waals surface area (Å²) in [4.78, 5) is 35.7. The Morgan fingerprint density at radius 1 is 1.20 bits per heavy atom. The molecule has 9 heteroatoms. The first-order valence-corrected chi connectivity index (χ1v) is 7.42. The number of carbonyl (C=O) groups is 2. The van der Waals surface area contributed by atoms with Crippen LogP contribution in [0.25, 0.3) is 0 Å². The van der Waals surface area contributed by atoms with E-state index in [1.54, 1.807) is 12.1 Å². The molecule has 0 saturated heterocycles. The van der Waals surface area contributed by atoms with E-state index in [4.69, 9.17) is 4.42 Å². The Balaban J connectivity index is 1.91. The third-order valence-corrected chi connectivity index (χ3v) is 3.49. The van der Waals surface area contributed by atoms with Crippen LogP contribution in [0.15, 0.2) is 47.1 Å². The number of non-ortho nitro benzene ring substituents is 1. The molecule has 1 aromatic heterocycles. The molecule has 2 aromatic rings. The molecule has 1 atom stereocenters. The van der Waals surface area contributed by atoms with Crippen molar-refractivity contribution in [2.45, 2.75) is 6.04 Å². The van der Waals surface area contributed by atoms with Gasteiger partial charge >= 0.3 is 11.8 Å². The van der Waals surface area contributed by atoms with Gasteiger partial charge in [-0.1, -0.05) is 0 Å². The minimum Gasteiger partial charge on any atom is -0.468 e. The molecule has 0 radical (unpaired) electrons. The molecule has 0 aliphatic carbocycles. The van der Waals surface area contributed by atoms with E-state index in [0.29, 0.717) is 11.4 Å². The zero-order chi connectivity index (χ0) is 18.4. The Labute approximate surface area is 143 Å². The van der Waals surface area contributed by atoms with Crippen LogP contribution in [0.2, 0.25) is 0 Å². The van der Waals surface area contributed by atoms with E-state index in [9.17, 15) is 19.7 Å². The molecule has 2 N–H and O–H groups in total. The smallest absolute Gasteiger partial charge is 0.313 e. The summed E-state index contributed by atoms with van der Waals surface area (Å²) in [6, 6.07) is 8.51. The number of anilines is 1. The molecule has 0 spiro atoms. The zero-order valence-corrected chi connectivity index (χ0v) is 13.8. The molecule has 1 aromatic carbocycles. The van der Waals surface area contributed by atoms with Crippen LogP contribution in [0.3, 0.4) is 0 Å². The van der Waals surface area contributed by atoms with Gasteiger partial charge in [0.25, 0.3) is 5.69 Å². The average Bonchev–Trinajstić information content (AvgIpc) is 3.09. The second kappa shape index (κ2) is 8.06. The summed E-state index contributed by atoms with van der Waals surface area (Å²) in [6.07, 6.45) is 1.54. The van der Waals surface area contributed by atoms with Crippen LogP contribution in [-0.2, 0) is 9.59 Å². The molecule has 0 bridgehead atoms. The zero-order valence-electron chi connectivity index (χ0n) is 13.8. The normalized spacial score (nSPS) is 11.8. The molecule has 0 saturated carbocycles. The Kier molecular flexibility index (Phi) is 5.85. The van der Waals surface area contributed by atoms with Gasteiger partial charge in [-0.2, -0.15) is 0 Å². The first-order valence-electron chi connectivity index (χ1n) is 7.42. The number of amides is 2. The number of benzene rings is 1. The van der Waals surface area contributed by atoms with Gasteiger partial charge in [0.05, 0.1) is 17.2 Å². The van der Waals surface area contributed by atoms with Crippen LogP contribution >= 0.6 is 0 Å². The molecule has 9 nitrogen and oxygen atoms in total. The monoisotopic (exact) mass is 346 g/mol. The lowest BCUT2D eigenvalue weighted by Gasteiger charge is -2.22. The maximum Gasteiger partial charge on any atom is 0.313 e. The van der Waals surface area contributed by atoms with Crippen LogP contribution < -0.4 is 10.6 Å². The highest BCUT2D eigenvalue weighted by atomic mass is 16.6. The van der Waals surface area contributed by atoms with Gasteiger partial charge in [0.15, 0.2) is 0 Å². The molecular formula is C16H18N4O5. The van der Waals surface area contributed by atoms with Gasteiger partial charge in [0.2, 0.25) is 0 Å². The Morgan fingerprint density at radius 3 is 2.40 bits per heavy atom. The molecule has 132 valence electrons. The average molecular weight is 346 g/mol. The van der Waals surface area contributed by atoms with Crippen molar-refractivity contribution < 1.29 is 18.9 Å². The van der Waals surface area contributed by atoms with Crippen molar-refractivity contribution in [2.75, 3.05) is 26.0 Å². The first-order chi connectivity index (χ1) is 11.9. The lowest BCUT2D eigenvalue weighted by Crippen LogP contribution is -2.40. The summed E-state index contributed by atoms with van der Waals surface area (Å²) >= 11 is 0. The van der Waals surface area contributed by atoms with Crippen molar-refractivity contribution >= 4 is 23.2 Å². The number of nitrogens with one attached hydrogen (secondary N) is 2. The van der Waals surface area contributed by atoms with E-state index in [1.165, 1.54) is 30.5 Å². The number of hydrogen-bond donors (Lipinski definition) is 2. The highest BCUT2D eigenvalue weighted by molar-refractivity contribution is 6.39. The van der Waals surface area contributed by atoms with Gasteiger partial charge in [0.1, 0.15) is 5.76 Å². The lowest BCUT2D eigenvalue weighted by molar-refractivity contribution is -0.384. The van der Waals surface area contributed by atoms with Gasteiger partial charge in [0, 0.05) is 24.4 Å². The van der Waals surface area contributed by atoms with Gasteiger partial charge in [-0.3, -0.25) is 24.6 Å². The largest absolute Gasteiger partial charge is 0.468 e. The highest BCUT2D eigenvalue weighted by Gasteiger charge is 2.20. The third kappa shape index (κ3) is 4.88. The Hall–Kier alpha value is -3.20. The van der Waals surface area contributed by atoms with Gasteiger partial charge in [-0.05, 0) is 38.4 Å².